The molecule has 0 spiro atoms. The summed E-state index contributed by atoms with van der Waals surface area (Å²) in [5.74, 6) is -4.83. The smallest absolute Gasteiger partial charge is 0.218 e. The fraction of sp³-hybridized carbons (Fsp3) is 1.00. The highest BCUT2D eigenvalue weighted by Crippen LogP contribution is 2.29. The summed E-state index contributed by atoms with van der Waals surface area (Å²) in [6.45, 7) is 0. The van der Waals surface area contributed by atoms with E-state index in [1.54, 1.807) is 0 Å². The van der Waals surface area contributed by atoms with E-state index in [0.717, 1.165) is 25.7 Å². The van der Waals surface area contributed by atoms with Crippen LogP contribution in [0.3, 0.4) is 0 Å². The standard InChI is InChI=1S/C35H70O4/c36-34(37)32-30-28-26-24-22-20-18-16-14-12-10-8-6-4-2-1-3-5-7-9-11-13-15-17-19-21-23-25-27-29-31-33-35(34,38)39/h36-39H,1-33H2. The maximum Gasteiger partial charge on any atom is 0.218 e. The average Bonchev–Trinajstić information content (AvgIpc) is 2.90. The van der Waals surface area contributed by atoms with Crippen molar-refractivity contribution in [3.8, 4) is 0 Å². The molecule has 0 unspecified atom stereocenters. The van der Waals surface area contributed by atoms with E-state index in [1.807, 2.05) is 0 Å². The molecule has 0 atom stereocenters. The molecule has 0 radical (unpaired) electrons. The second-order valence-corrected chi connectivity index (χ2v) is 13.1. The summed E-state index contributed by atoms with van der Waals surface area (Å²) in [4.78, 5) is 0. The normalized spacial score (nSPS) is 25.5. The fourth-order valence-electron chi connectivity index (χ4n) is 6.27. The Balaban J connectivity index is 2.22. The number of rotatable bonds is 0. The third-order valence-corrected chi connectivity index (χ3v) is 9.19. The van der Waals surface area contributed by atoms with Gasteiger partial charge in [0.25, 0.3) is 0 Å². The average molecular weight is 555 g/mol. The lowest BCUT2D eigenvalue weighted by molar-refractivity contribution is -0.361. The Kier molecular flexibility index (Phi) is 24.1. The second-order valence-electron chi connectivity index (χ2n) is 13.1. The molecule has 0 saturated heterocycles. The summed E-state index contributed by atoms with van der Waals surface area (Å²) >= 11 is 0. The number of aliphatic hydroxyl groups is 4. The summed E-state index contributed by atoms with van der Waals surface area (Å²) in [5.41, 5.74) is 0. The van der Waals surface area contributed by atoms with Crippen LogP contribution in [0.15, 0.2) is 0 Å². The second kappa shape index (κ2) is 25.5. The lowest BCUT2D eigenvalue weighted by Gasteiger charge is -2.35. The minimum atomic E-state index is -2.41. The molecule has 0 aromatic heterocycles. The van der Waals surface area contributed by atoms with Crippen molar-refractivity contribution in [3.05, 3.63) is 0 Å². The van der Waals surface area contributed by atoms with Crippen LogP contribution in [0.25, 0.3) is 0 Å². The first-order valence-corrected chi connectivity index (χ1v) is 17.9. The minimum Gasteiger partial charge on any atom is -0.361 e. The molecule has 4 N–H and O–H groups in total. The third kappa shape index (κ3) is 22.2. The molecule has 234 valence electrons. The highest BCUT2D eigenvalue weighted by molar-refractivity contribution is 4.82. The van der Waals surface area contributed by atoms with Gasteiger partial charge in [0.2, 0.25) is 11.6 Å². The number of hydrogen-bond acceptors (Lipinski definition) is 4. The fourth-order valence-corrected chi connectivity index (χ4v) is 6.27. The summed E-state index contributed by atoms with van der Waals surface area (Å²) < 4.78 is 0. The van der Waals surface area contributed by atoms with E-state index in [-0.39, 0.29) is 12.8 Å². The summed E-state index contributed by atoms with van der Waals surface area (Å²) in [6.07, 6.45) is 39.6. The summed E-state index contributed by atoms with van der Waals surface area (Å²) in [6, 6.07) is 0. The van der Waals surface area contributed by atoms with Crippen molar-refractivity contribution >= 4 is 0 Å². The van der Waals surface area contributed by atoms with Gasteiger partial charge in [0.1, 0.15) is 0 Å². The molecule has 0 heterocycles. The molecule has 0 aromatic carbocycles. The van der Waals surface area contributed by atoms with E-state index in [0.29, 0.717) is 12.8 Å². The lowest BCUT2D eigenvalue weighted by Crippen LogP contribution is -2.54. The molecule has 4 heteroatoms. The Labute approximate surface area is 243 Å². The first-order valence-electron chi connectivity index (χ1n) is 17.9. The SMILES string of the molecule is OC1(O)CCCCCCCCCCCCCCCCCCCCCCCCCCCCCCCCCC1(O)O. The molecule has 0 aromatic rings. The Morgan fingerprint density at radius 3 is 0.410 bits per heavy atom. The predicted octanol–water partition coefficient (Wildman–Crippen LogP) is 10.2. The van der Waals surface area contributed by atoms with Gasteiger partial charge in [0.15, 0.2) is 0 Å². The van der Waals surface area contributed by atoms with E-state index in [1.165, 1.54) is 161 Å². The van der Waals surface area contributed by atoms with E-state index in [2.05, 4.69) is 0 Å². The molecular formula is C35H70O4. The monoisotopic (exact) mass is 555 g/mol. The summed E-state index contributed by atoms with van der Waals surface area (Å²) in [5, 5.41) is 41.2. The molecule has 0 aliphatic heterocycles. The van der Waals surface area contributed by atoms with Crippen LogP contribution in [0.5, 0.6) is 0 Å². The van der Waals surface area contributed by atoms with Crippen molar-refractivity contribution in [2.24, 2.45) is 0 Å². The maximum absolute atomic E-state index is 10.3. The van der Waals surface area contributed by atoms with Gasteiger partial charge < -0.3 is 20.4 Å². The van der Waals surface area contributed by atoms with Crippen LogP contribution < -0.4 is 0 Å². The van der Waals surface area contributed by atoms with E-state index < -0.39 is 11.6 Å². The van der Waals surface area contributed by atoms with Gasteiger partial charge in [-0.15, -0.1) is 0 Å². The molecule has 1 aliphatic carbocycles. The van der Waals surface area contributed by atoms with Crippen LogP contribution in [0.1, 0.15) is 212 Å². The van der Waals surface area contributed by atoms with Crippen LogP contribution >= 0.6 is 0 Å². The van der Waals surface area contributed by atoms with Crippen LogP contribution in [-0.4, -0.2) is 32.0 Å². The molecule has 4 nitrogen and oxygen atoms in total. The molecular weight excluding hydrogens is 484 g/mol. The quantitative estimate of drug-likeness (QED) is 0.225. The molecule has 0 bridgehead atoms. The largest absolute Gasteiger partial charge is 0.361 e. The Morgan fingerprint density at radius 2 is 0.282 bits per heavy atom. The van der Waals surface area contributed by atoms with Gasteiger partial charge in [-0.3, -0.25) is 0 Å². The zero-order valence-corrected chi connectivity index (χ0v) is 26.1. The molecule has 39 heavy (non-hydrogen) atoms. The minimum absolute atomic E-state index is 0.0278. The Bertz CT molecular complexity index is 461. The van der Waals surface area contributed by atoms with Gasteiger partial charge in [0, 0.05) is 12.8 Å². The highest BCUT2D eigenvalue weighted by atomic mass is 16.6. The van der Waals surface area contributed by atoms with Crippen molar-refractivity contribution in [1.29, 1.82) is 0 Å². The molecule has 1 aliphatic rings. The van der Waals surface area contributed by atoms with Crippen LogP contribution in [0.2, 0.25) is 0 Å². The van der Waals surface area contributed by atoms with Crippen molar-refractivity contribution in [2.45, 2.75) is 223 Å². The highest BCUT2D eigenvalue weighted by Gasteiger charge is 2.45. The maximum atomic E-state index is 10.3. The van der Waals surface area contributed by atoms with Gasteiger partial charge in [-0.25, -0.2) is 0 Å². The van der Waals surface area contributed by atoms with Crippen LogP contribution in [0.4, 0.5) is 0 Å². The van der Waals surface area contributed by atoms with Gasteiger partial charge in [0.05, 0.1) is 0 Å². The molecule has 1 saturated carbocycles. The first kappa shape index (κ1) is 36.9. The molecule has 1 fully saturated rings. The third-order valence-electron chi connectivity index (χ3n) is 9.19. The number of hydrogen-bond donors (Lipinski definition) is 4. The molecule has 1 rings (SSSR count). The van der Waals surface area contributed by atoms with Crippen LogP contribution in [0, 0.1) is 0 Å². The Morgan fingerprint density at radius 1 is 0.179 bits per heavy atom. The lowest BCUT2D eigenvalue weighted by atomic mass is 9.93. The van der Waals surface area contributed by atoms with Gasteiger partial charge in [-0.05, 0) is 12.8 Å². The van der Waals surface area contributed by atoms with Gasteiger partial charge >= 0.3 is 0 Å². The zero-order valence-electron chi connectivity index (χ0n) is 26.1. The first-order chi connectivity index (χ1) is 19.0. The van der Waals surface area contributed by atoms with Gasteiger partial charge in [-0.1, -0.05) is 186 Å². The van der Waals surface area contributed by atoms with Crippen molar-refractivity contribution in [1.82, 2.24) is 0 Å². The van der Waals surface area contributed by atoms with E-state index >= 15 is 0 Å². The predicted molar refractivity (Wildman–Crippen MR) is 167 cm³/mol. The van der Waals surface area contributed by atoms with E-state index in [9.17, 15) is 20.4 Å². The zero-order chi connectivity index (χ0) is 28.3. The Hall–Kier alpha value is -0.160. The summed E-state index contributed by atoms with van der Waals surface area (Å²) in [7, 11) is 0. The van der Waals surface area contributed by atoms with Gasteiger partial charge in [-0.2, -0.15) is 0 Å². The van der Waals surface area contributed by atoms with E-state index in [4.69, 9.17) is 0 Å². The van der Waals surface area contributed by atoms with Crippen molar-refractivity contribution < 1.29 is 20.4 Å². The van der Waals surface area contributed by atoms with Crippen LogP contribution in [-0.2, 0) is 0 Å². The van der Waals surface area contributed by atoms with Crippen molar-refractivity contribution in [2.75, 3.05) is 0 Å². The topological polar surface area (TPSA) is 80.9 Å². The molecule has 0 amide bonds. The van der Waals surface area contributed by atoms with Crippen molar-refractivity contribution in [3.63, 3.8) is 0 Å².